The Morgan fingerprint density at radius 2 is 1.86 bits per heavy atom. The second kappa shape index (κ2) is 8.53. The molecule has 2 saturated heterocycles. The number of nitrogens with zero attached hydrogens (tertiary/aromatic N) is 3. The number of aliphatic hydroxyl groups excluding tert-OH is 1. The first-order valence-electron chi connectivity index (χ1n) is 9.09. The zero-order valence-electron chi connectivity index (χ0n) is 15.3. The molecule has 0 aromatic heterocycles. The first-order chi connectivity index (χ1) is 13.7. The van der Waals surface area contributed by atoms with Crippen molar-refractivity contribution in [2.75, 3.05) is 6.61 Å². The van der Waals surface area contributed by atoms with Crippen LogP contribution in [-0.2, 0) is 14.2 Å². The van der Waals surface area contributed by atoms with E-state index < -0.39 is 36.1 Å². The molecule has 0 saturated carbocycles. The van der Waals surface area contributed by atoms with Gasteiger partial charge in [-0.1, -0.05) is 64.9 Å². The molecule has 2 aromatic carbocycles. The van der Waals surface area contributed by atoms with Crippen LogP contribution in [0.15, 0.2) is 64.6 Å². The highest BCUT2D eigenvalue weighted by Crippen LogP contribution is 2.40. The summed E-state index contributed by atoms with van der Waals surface area (Å²) in [7, 11) is 0. The molecule has 1 N–H and O–H groups in total. The molecule has 0 spiro atoms. The summed E-state index contributed by atoms with van der Waals surface area (Å²) in [5, 5.41) is 14.7. The largest absolute Gasteiger partial charge is 0.390 e. The number of benzene rings is 2. The van der Waals surface area contributed by atoms with Crippen LogP contribution in [0.2, 0.25) is 0 Å². The Balaban J connectivity index is 1.52. The predicted molar refractivity (Wildman–Crippen MR) is 105 cm³/mol. The fraction of sp³-hybridized carbons (Fsp3) is 0.400. The second-order valence-corrected chi connectivity index (χ2v) is 8.01. The number of hydrogen-bond acceptors (Lipinski definition) is 6. The SMILES string of the molecule is Cc1ccc(S[C@@H]2O[C@@H]3CO[C@@H](c4ccccc4)O[C@H]3[C@@H](O)[C@@H]2N=[N+]=[N-])cc1. The Hall–Kier alpha value is -2.06. The molecule has 2 fully saturated rings. The summed E-state index contributed by atoms with van der Waals surface area (Å²) in [4.78, 5) is 3.89. The molecule has 0 amide bonds. The van der Waals surface area contributed by atoms with E-state index in [1.54, 1.807) is 0 Å². The summed E-state index contributed by atoms with van der Waals surface area (Å²) in [5.41, 5.74) is 10.5. The van der Waals surface area contributed by atoms with Crippen LogP contribution in [0.4, 0.5) is 0 Å². The number of azide groups is 1. The summed E-state index contributed by atoms with van der Waals surface area (Å²) in [5.74, 6) is 0. The van der Waals surface area contributed by atoms with Crippen LogP contribution in [0.3, 0.4) is 0 Å². The molecule has 4 rings (SSSR count). The minimum Gasteiger partial charge on any atom is -0.390 e. The van der Waals surface area contributed by atoms with Gasteiger partial charge in [0.25, 0.3) is 0 Å². The van der Waals surface area contributed by atoms with Crippen molar-refractivity contribution in [3.63, 3.8) is 0 Å². The number of aryl methyl sites for hydroxylation is 1. The first kappa shape index (κ1) is 19.3. The van der Waals surface area contributed by atoms with Gasteiger partial charge in [-0.2, -0.15) is 0 Å². The molecule has 0 unspecified atom stereocenters. The van der Waals surface area contributed by atoms with E-state index in [4.69, 9.17) is 19.7 Å². The predicted octanol–water partition coefficient (Wildman–Crippen LogP) is 3.97. The highest BCUT2D eigenvalue weighted by Gasteiger charge is 2.49. The minimum atomic E-state index is -0.993. The number of thioether (sulfide) groups is 1. The van der Waals surface area contributed by atoms with Crippen LogP contribution in [0.25, 0.3) is 10.4 Å². The van der Waals surface area contributed by atoms with Crippen molar-refractivity contribution < 1.29 is 19.3 Å². The molecule has 6 atom stereocenters. The van der Waals surface area contributed by atoms with Crippen LogP contribution in [0.1, 0.15) is 17.4 Å². The molecule has 2 aromatic rings. The molecule has 7 nitrogen and oxygen atoms in total. The Kier molecular flexibility index (Phi) is 5.87. The van der Waals surface area contributed by atoms with Gasteiger partial charge in [0.05, 0.1) is 12.7 Å². The zero-order chi connectivity index (χ0) is 19.5. The van der Waals surface area contributed by atoms with Gasteiger partial charge >= 0.3 is 0 Å². The number of rotatable bonds is 4. The monoisotopic (exact) mass is 399 g/mol. The lowest BCUT2D eigenvalue weighted by molar-refractivity contribution is -0.305. The Morgan fingerprint density at radius 3 is 2.57 bits per heavy atom. The van der Waals surface area contributed by atoms with E-state index in [9.17, 15) is 5.11 Å². The number of aliphatic hydroxyl groups is 1. The molecular formula is C20H21N3O4S. The molecule has 28 heavy (non-hydrogen) atoms. The van der Waals surface area contributed by atoms with Gasteiger partial charge in [0.1, 0.15) is 23.7 Å². The summed E-state index contributed by atoms with van der Waals surface area (Å²) < 4.78 is 17.9. The molecule has 0 aliphatic carbocycles. The Labute approximate surface area is 167 Å². The van der Waals surface area contributed by atoms with Gasteiger partial charge in [-0.05, 0) is 24.6 Å². The van der Waals surface area contributed by atoms with Crippen molar-refractivity contribution in [1.29, 1.82) is 0 Å². The molecule has 2 aliphatic rings. The van der Waals surface area contributed by atoms with Crippen molar-refractivity contribution in [2.24, 2.45) is 5.11 Å². The van der Waals surface area contributed by atoms with Gasteiger partial charge in [0, 0.05) is 15.4 Å². The smallest absolute Gasteiger partial charge is 0.184 e. The fourth-order valence-corrected chi connectivity index (χ4v) is 4.50. The molecule has 2 heterocycles. The number of fused-ring (bicyclic) bond motifs is 1. The zero-order valence-corrected chi connectivity index (χ0v) is 16.1. The van der Waals surface area contributed by atoms with Crippen LogP contribution < -0.4 is 0 Å². The average Bonchev–Trinajstić information content (AvgIpc) is 2.73. The van der Waals surface area contributed by atoms with Crippen LogP contribution in [-0.4, -0.2) is 41.5 Å². The van der Waals surface area contributed by atoms with Crippen molar-refractivity contribution >= 4 is 11.8 Å². The van der Waals surface area contributed by atoms with Crippen molar-refractivity contribution in [3.8, 4) is 0 Å². The fourth-order valence-electron chi connectivity index (χ4n) is 3.39. The summed E-state index contributed by atoms with van der Waals surface area (Å²) in [6.07, 6.45) is -2.66. The maximum Gasteiger partial charge on any atom is 0.184 e. The standard InChI is InChI=1S/C20H21N3O4S/c1-12-7-9-14(10-8-12)28-20-16(22-23-21)17(24)18-15(26-20)11-25-19(27-18)13-5-3-2-4-6-13/h2-10,15-20,24H,11H2,1H3/t15-,16+,17+,18-,19-,20+/m1/s1. The van der Waals surface area contributed by atoms with E-state index in [-0.39, 0.29) is 6.61 Å². The third-order valence-corrected chi connectivity index (χ3v) is 6.03. The molecule has 0 radical (unpaired) electrons. The molecular weight excluding hydrogens is 378 g/mol. The van der Waals surface area contributed by atoms with Gasteiger partial charge in [0.2, 0.25) is 0 Å². The Bertz CT molecular complexity index is 844. The molecule has 2 aliphatic heterocycles. The third-order valence-electron chi connectivity index (χ3n) is 4.86. The van der Waals surface area contributed by atoms with E-state index in [2.05, 4.69) is 10.0 Å². The van der Waals surface area contributed by atoms with E-state index in [0.717, 1.165) is 16.0 Å². The lowest BCUT2D eigenvalue weighted by Crippen LogP contribution is -2.60. The molecule has 8 heteroatoms. The van der Waals surface area contributed by atoms with Crippen LogP contribution >= 0.6 is 11.8 Å². The molecule has 0 bridgehead atoms. The number of ether oxygens (including phenoxy) is 3. The maximum atomic E-state index is 10.9. The van der Waals surface area contributed by atoms with Gasteiger partial charge in [-0.15, -0.1) is 0 Å². The van der Waals surface area contributed by atoms with E-state index in [1.165, 1.54) is 11.8 Å². The topological polar surface area (TPSA) is 96.7 Å². The second-order valence-electron chi connectivity index (χ2n) is 6.84. The average molecular weight is 399 g/mol. The number of hydrogen-bond donors (Lipinski definition) is 1. The van der Waals surface area contributed by atoms with Crippen LogP contribution in [0, 0.1) is 6.92 Å². The maximum absolute atomic E-state index is 10.9. The highest BCUT2D eigenvalue weighted by atomic mass is 32.2. The lowest BCUT2D eigenvalue weighted by Gasteiger charge is -2.46. The van der Waals surface area contributed by atoms with Gasteiger partial charge in [-0.3, -0.25) is 0 Å². The van der Waals surface area contributed by atoms with E-state index >= 15 is 0 Å². The normalized spacial score (nSPS) is 32.2. The van der Waals surface area contributed by atoms with Crippen molar-refractivity contribution in [2.45, 2.75) is 47.9 Å². The van der Waals surface area contributed by atoms with E-state index in [0.29, 0.717) is 0 Å². The van der Waals surface area contributed by atoms with Crippen LogP contribution in [0.5, 0.6) is 0 Å². The van der Waals surface area contributed by atoms with Gasteiger partial charge < -0.3 is 19.3 Å². The summed E-state index contributed by atoms with van der Waals surface area (Å²) in [6, 6.07) is 16.7. The Morgan fingerprint density at radius 1 is 1.11 bits per heavy atom. The van der Waals surface area contributed by atoms with Gasteiger partial charge in [0.15, 0.2) is 6.29 Å². The van der Waals surface area contributed by atoms with Crippen molar-refractivity contribution in [3.05, 3.63) is 76.2 Å². The summed E-state index contributed by atoms with van der Waals surface area (Å²) >= 11 is 1.42. The quantitative estimate of drug-likeness (QED) is 0.477. The molecule has 146 valence electrons. The van der Waals surface area contributed by atoms with Gasteiger partial charge in [-0.25, -0.2) is 0 Å². The van der Waals surface area contributed by atoms with E-state index in [1.807, 2.05) is 61.5 Å². The highest BCUT2D eigenvalue weighted by molar-refractivity contribution is 7.99. The minimum absolute atomic E-state index is 0.287. The third kappa shape index (κ3) is 4.03. The lowest BCUT2D eigenvalue weighted by atomic mass is 9.97. The van der Waals surface area contributed by atoms with Crippen molar-refractivity contribution in [1.82, 2.24) is 0 Å². The summed E-state index contributed by atoms with van der Waals surface area (Å²) in [6.45, 7) is 2.30. The first-order valence-corrected chi connectivity index (χ1v) is 9.97.